The second-order valence-electron chi connectivity index (χ2n) is 6.47. The molecule has 0 bridgehead atoms. The minimum atomic E-state index is 0.0216. The summed E-state index contributed by atoms with van der Waals surface area (Å²) in [6.07, 6.45) is 0.887. The van der Waals surface area contributed by atoms with Gasteiger partial charge in [0.05, 0.1) is 0 Å². The van der Waals surface area contributed by atoms with E-state index in [1.165, 1.54) is 11.1 Å². The van der Waals surface area contributed by atoms with Crippen molar-refractivity contribution in [1.82, 2.24) is 25.1 Å². The highest BCUT2D eigenvalue weighted by atomic mass is 16.5. The number of aromatic nitrogens is 4. The van der Waals surface area contributed by atoms with Crippen molar-refractivity contribution in [2.45, 2.75) is 33.0 Å². The van der Waals surface area contributed by atoms with E-state index in [1.807, 2.05) is 42.2 Å². The maximum atomic E-state index is 12.9. The van der Waals surface area contributed by atoms with Crippen LogP contribution in [0, 0.1) is 0 Å². The highest BCUT2D eigenvalue weighted by molar-refractivity contribution is 5.94. The first-order chi connectivity index (χ1) is 13.2. The monoisotopic (exact) mass is 363 g/mol. The predicted octanol–water partition coefficient (Wildman–Crippen LogP) is 2.47. The molecule has 0 saturated heterocycles. The summed E-state index contributed by atoms with van der Waals surface area (Å²) < 4.78 is 7.47. The fourth-order valence-electron chi connectivity index (χ4n) is 3.29. The third-order valence-electron chi connectivity index (χ3n) is 4.77. The summed E-state index contributed by atoms with van der Waals surface area (Å²) in [6.45, 7) is 4.28. The molecule has 2 aromatic carbocycles. The maximum absolute atomic E-state index is 12.9. The van der Waals surface area contributed by atoms with Gasteiger partial charge in [-0.2, -0.15) is 0 Å². The molecule has 0 saturated carbocycles. The summed E-state index contributed by atoms with van der Waals surface area (Å²) in [5.41, 5.74) is 3.17. The van der Waals surface area contributed by atoms with Crippen LogP contribution in [0.15, 0.2) is 48.5 Å². The Morgan fingerprint density at radius 1 is 1.15 bits per heavy atom. The Bertz CT molecular complexity index is 953. The van der Waals surface area contributed by atoms with Gasteiger partial charge >= 0.3 is 0 Å². The fraction of sp³-hybridized carbons (Fsp3) is 0.300. The lowest BCUT2D eigenvalue weighted by molar-refractivity contribution is 0.0734. The minimum Gasteiger partial charge on any atom is -0.486 e. The number of tetrazole rings is 1. The molecule has 1 aromatic heterocycles. The van der Waals surface area contributed by atoms with E-state index in [0.29, 0.717) is 30.2 Å². The third-order valence-corrected chi connectivity index (χ3v) is 4.77. The number of hydrogen-bond donors (Lipinski definition) is 0. The van der Waals surface area contributed by atoms with Crippen molar-refractivity contribution in [3.05, 3.63) is 71.0 Å². The van der Waals surface area contributed by atoms with E-state index in [2.05, 4.69) is 27.7 Å². The summed E-state index contributed by atoms with van der Waals surface area (Å²) in [7, 11) is 0. The molecule has 0 fully saturated rings. The van der Waals surface area contributed by atoms with Gasteiger partial charge in [0.25, 0.3) is 5.91 Å². The molecule has 7 heteroatoms. The van der Waals surface area contributed by atoms with Crippen molar-refractivity contribution >= 4 is 5.91 Å². The number of rotatable bonds is 5. The summed E-state index contributed by atoms with van der Waals surface area (Å²) in [5, 5.41) is 11.5. The van der Waals surface area contributed by atoms with Crippen molar-refractivity contribution in [2.24, 2.45) is 0 Å². The van der Waals surface area contributed by atoms with E-state index in [1.54, 1.807) is 10.7 Å². The lowest BCUT2D eigenvalue weighted by Crippen LogP contribution is -2.35. The number of carbonyl (C=O) groups is 1. The molecular weight excluding hydrogens is 342 g/mol. The number of carbonyl (C=O) groups excluding carboxylic acids is 1. The Balaban J connectivity index is 1.45. The van der Waals surface area contributed by atoms with Crippen molar-refractivity contribution < 1.29 is 9.53 Å². The van der Waals surface area contributed by atoms with E-state index >= 15 is 0 Å². The van der Waals surface area contributed by atoms with Gasteiger partial charge in [0.1, 0.15) is 12.4 Å². The molecule has 27 heavy (non-hydrogen) atoms. The smallest absolute Gasteiger partial charge is 0.254 e. The third kappa shape index (κ3) is 3.67. The van der Waals surface area contributed by atoms with Crippen molar-refractivity contribution in [3.8, 4) is 5.75 Å². The molecule has 1 aliphatic rings. The molecule has 0 atom stereocenters. The first-order valence-corrected chi connectivity index (χ1v) is 9.08. The zero-order chi connectivity index (χ0) is 18.6. The quantitative estimate of drug-likeness (QED) is 0.696. The van der Waals surface area contributed by atoms with Crippen molar-refractivity contribution in [2.75, 3.05) is 6.54 Å². The molecular formula is C20H21N5O2. The molecule has 0 radical (unpaired) electrons. The van der Waals surface area contributed by atoms with Gasteiger partial charge in [-0.1, -0.05) is 30.3 Å². The predicted molar refractivity (Wildman–Crippen MR) is 99.2 cm³/mol. The minimum absolute atomic E-state index is 0.0216. The van der Waals surface area contributed by atoms with Crippen LogP contribution in [0.1, 0.15) is 34.2 Å². The Morgan fingerprint density at radius 3 is 2.85 bits per heavy atom. The fourth-order valence-corrected chi connectivity index (χ4v) is 3.29. The number of amides is 1. The van der Waals surface area contributed by atoms with Gasteiger partial charge in [-0.05, 0) is 53.1 Å². The average Bonchev–Trinajstić information content (AvgIpc) is 3.19. The van der Waals surface area contributed by atoms with Gasteiger partial charge in [0.15, 0.2) is 5.82 Å². The molecule has 3 aromatic rings. The van der Waals surface area contributed by atoms with E-state index in [4.69, 9.17) is 4.74 Å². The van der Waals surface area contributed by atoms with Crippen LogP contribution in [0.5, 0.6) is 5.75 Å². The zero-order valence-electron chi connectivity index (χ0n) is 15.2. The summed E-state index contributed by atoms with van der Waals surface area (Å²) in [5.74, 6) is 1.30. The molecule has 1 aliphatic heterocycles. The van der Waals surface area contributed by atoms with Gasteiger partial charge in [0.2, 0.25) is 0 Å². The van der Waals surface area contributed by atoms with Gasteiger partial charge < -0.3 is 9.64 Å². The highest BCUT2D eigenvalue weighted by Crippen LogP contribution is 2.22. The lowest BCUT2D eigenvalue weighted by atomic mass is 9.99. The average molecular weight is 363 g/mol. The molecule has 7 nitrogen and oxygen atoms in total. The highest BCUT2D eigenvalue weighted by Gasteiger charge is 2.21. The SMILES string of the molecule is CCn1nnnc1COc1cccc(C(=O)N2CCc3ccccc3C2)c1. The second kappa shape index (κ2) is 7.57. The standard InChI is InChI=1S/C20H21N5O2/c1-2-25-19(21-22-23-25)14-27-18-9-5-8-16(12-18)20(26)24-11-10-15-6-3-4-7-17(15)13-24/h3-9,12H,2,10-11,13-14H2,1H3. The van der Waals surface area contributed by atoms with Crippen LogP contribution in [0.4, 0.5) is 0 Å². The van der Waals surface area contributed by atoms with Crippen LogP contribution in [0.3, 0.4) is 0 Å². The van der Waals surface area contributed by atoms with E-state index in [9.17, 15) is 4.79 Å². The maximum Gasteiger partial charge on any atom is 0.254 e. The van der Waals surface area contributed by atoms with Crippen LogP contribution in [0.2, 0.25) is 0 Å². The van der Waals surface area contributed by atoms with Crippen LogP contribution in [-0.2, 0) is 26.1 Å². The summed E-state index contributed by atoms with van der Waals surface area (Å²) >= 11 is 0. The lowest BCUT2D eigenvalue weighted by Gasteiger charge is -2.29. The van der Waals surface area contributed by atoms with E-state index < -0.39 is 0 Å². The van der Waals surface area contributed by atoms with Gasteiger partial charge in [-0.3, -0.25) is 4.79 Å². The van der Waals surface area contributed by atoms with Gasteiger partial charge in [-0.15, -0.1) is 5.10 Å². The van der Waals surface area contributed by atoms with Crippen molar-refractivity contribution in [3.63, 3.8) is 0 Å². The van der Waals surface area contributed by atoms with Crippen LogP contribution < -0.4 is 4.74 Å². The molecule has 2 heterocycles. The topological polar surface area (TPSA) is 73.1 Å². The van der Waals surface area contributed by atoms with E-state index in [0.717, 1.165) is 13.0 Å². The van der Waals surface area contributed by atoms with Gasteiger partial charge in [0, 0.05) is 25.2 Å². The Hall–Kier alpha value is -3.22. The first-order valence-electron chi connectivity index (χ1n) is 9.08. The number of aryl methyl sites for hydroxylation is 1. The Morgan fingerprint density at radius 2 is 2.00 bits per heavy atom. The van der Waals surface area contributed by atoms with Crippen LogP contribution in [-0.4, -0.2) is 37.6 Å². The van der Waals surface area contributed by atoms with E-state index in [-0.39, 0.29) is 12.5 Å². The second-order valence-corrected chi connectivity index (χ2v) is 6.47. The largest absolute Gasteiger partial charge is 0.486 e. The first kappa shape index (κ1) is 17.2. The number of benzene rings is 2. The van der Waals surface area contributed by atoms with Crippen LogP contribution >= 0.6 is 0 Å². The number of ether oxygens (including phenoxy) is 1. The molecule has 0 N–H and O–H groups in total. The number of hydrogen-bond acceptors (Lipinski definition) is 5. The summed E-state index contributed by atoms with van der Waals surface area (Å²) in [4.78, 5) is 14.8. The van der Waals surface area contributed by atoms with Gasteiger partial charge in [-0.25, -0.2) is 4.68 Å². The molecule has 4 rings (SSSR count). The van der Waals surface area contributed by atoms with Crippen LogP contribution in [0.25, 0.3) is 0 Å². The molecule has 1 amide bonds. The molecule has 0 spiro atoms. The molecule has 0 aliphatic carbocycles. The van der Waals surface area contributed by atoms with Crippen molar-refractivity contribution in [1.29, 1.82) is 0 Å². The zero-order valence-corrected chi connectivity index (χ0v) is 15.2. The number of fused-ring (bicyclic) bond motifs is 1. The number of nitrogens with zero attached hydrogens (tertiary/aromatic N) is 5. The molecule has 0 unspecified atom stereocenters. The Labute approximate surface area is 157 Å². The summed E-state index contributed by atoms with van der Waals surface area (Å²) in [6, 6.07) is 15.6. The normalized spacial score (nSPS) is 13.3. The molecule has 138 valence electrons. The Kier molecular flexibility index (Phi) is 4.82.